The summed E-state index contributed by atoms with van der Waals surface area (Å²) in [5.41, 5.74) is 2.93. The molecule has 7 heteroatoms. The Morgan fingerprint density at radius 3 is 2.52 bits per heavy atom. The molecule has 2 N–H and O–H groups in total. The van der Waals surface area contributed by atoms with Crippen molar-refractivity contribution in [3.8, 4) is 5.75 Å². The molecule has 0 aliphatic rings. The van der Waals surface area contributed by atoms with E-state index in [0.29, 0.717) is 19.7 Å². The highest BCUT2D eigenvalue weighted by Crippen LogP contribution is 2.17. The third-order valence-electron chi connectivity index (χ3n) is 3.38. The van der Waals surface area contributed by atoms with E-state index < -0.39 is 0 Å². The third kappa shape index (κ3) is 5.58. The fourth-order valence-corrected chi connectivity index (χ4v) is 1.98. The number of nitrogens with zero attached hydrogens (tertiary/aromatic N) is 1. The maximum atomic E-state index is 11.1. The molecule has 0 bridgehead atoms. The van der Waals surface area contributed by atoms with Gasteiger partial charge in [0.25, 0.3) is 0 Å². The first kappa shape index (κ1) is 19.0. The molecule has 0 spiro atoms. The number of nitrogens with one attached hydrogen (secondary N) is 2. The maximum Gasteiger partial charge on any atom is 0.233 e. The summed E-state index contributed by atoms with van der Waals surface area (Å²) in [5, 5.41) is 9.53. The minimum atomic E-state index is -0.0283. The van der Waals surface area contributed by atoms with Crippen LogP contribution < -0.4 is 15.4 Å². The zero-order valence-corrected chi connectivity index (χ0v) is 14.3. The number of halogens is 1. The summed E-state index contributed by atoms with van der Waals surface area (Å²) < 4.78 is 10.8. The van der Waals surface area contributed by atoms with Crippen LogP contribution in [0.2, 0.25) is 0 Å². The number of rotatable bonds is 7. The number of ether oxygens (including phenoxy) is 1. The van der Waals surface area contributed by atoms with Crippen LogP contribution in [0, 0.1) is 13.8 Å². The number of aromatic nitrogens is 1. The predicted octanol–water partition coefficient (Wildman–Crippen LogP) is 2.13. The number of carbonyl (C=O) groups excluding carboxylic acids is 1. The molecule has 1 aromatic carbocycles. The van der Waals surface area contributed by atoms with E-state index >= 15 is 0 Å². The second kappa shape index (κ2) is 9.17. The highest BCUT2D eigenvalue weighted by atomic mass is 35.5. The summed E-state index contributed by atoms with van der Waals surface area (Å²) in [6, 6.07) is 7.77. The molecule has 0 saturated heterocycles. The average molecular weight is 340 g/mol. The van der Waals surface area contributed by atoms with Gasteiger partial charge in [-0.2, -0.15) is 0 Å². The van der Waals surface area contributed by atoms with Crippen molar-refractivity contribution in [2.75, 3.05) is 13.6 Å². The number of carbonyl (C=O) groups is 1. The molecule has 2 aromatic rings. The Morgan fingerprint density at radius 1 is 1.26 bits per heavy atom. The highest BCUT2D eigenvalue weighted by molar-refractivity contribution is 5.85. The highest BCUT2D eigenvalue weighted by Gasteiger charge is 2.09. The maximum absolute atomic E-state index is 11.1. The van der Waals surface area contributed by atoms with Crippen LogP contribution in [-0.2, 0) is 17.9 Å². The van der Waals surface area contributed by atoms with Crippen molar-refractivity contribution in [2.24, 2.45) is 0 Å². The Bertz CT molecular complexity index is 607. The van der Waals surface area contributed by atoms with Gasteiger partial charge in [0, 0.05) is 13.6 Å². The van der Waals surface area contributed by atoms with Gasteiger partial charge < -0.3 is 19.9 Å². The average Bonchev–Trinajstić information content (AvgIpc) is 2.85. The van der Waals surface area contributed by atoms with Gasteiger partial charge in [0.15, 0.2) is 0 Å². The lowest BCUT2D eigenvalue weighted by Gasteiger charge is -2.08. The molecule has 0 fully saturated rings. The van der Waals surface area contributed by atoms with E-state index in [1.165, 1.54) is 0 Å². The molecular weight excluding hydrogens is 318 g/mol. The van der Waals surface area contributed by atoms with Gasteiger partial charge in [-0.3, -0.25) is 4.79 Å². The standard InChI is InChI=1S/C16H21N3O3.ClH/c1-11-15(12(2)22-19-11)10-21-14-6-4-13(5-7-14)8-18-9-16(20)17-3;/h4-7,18H,8-10H2,1-3H3,(H,17,20);1H. The van der Waals surface area contributed by atoms with Gasteiger partial charge in [-0.1, -0.05) is 17.3 Å². The number of likely N-dealkylation sites (N-methyl/N-ethyl adjacent to an activating group) is 1. The molecule has 2 rings (SSSR count). The molecule has 0 atom stereocenters. The predicted molar refractivity (Wildman–Crippen MR) is 89.8 cm³/mol. The Balaban J connectivity index is 0.00000264. The zero-order valence-electron chi connectivity index (χ0n) is 13.5. The van der Waals surface area contributed by atoms with E-state index in [-0.39, 0.29) is 18.3 Å². The van der Waals surface area contributed by atoms with Crippen LogP contribution in [0.5, 0.6) is 5.75 Å². The first-order valence-corrected chi connectivity index (χ1v) is 7.15. The number of hydrogen-bond donors (Lipinski definition) is 2. The summed E-state index contributed by atoms with van der Waals surface area (Å²) in [4.78, 5) is 11.1. The normalized spacial score (nSPS) is 10.0. The van der Waals surface area contributed by atoms with Crippen molar-refractivity contribution in [2.45, 2.75) is 27.0 Å². The van der Waals surface area contributed by atoms with Gasteiger partial charge in [0.05, 0.1) is 17.8 Å². The van der Waals surface area contributed by atoms with Gasteiger partial charge in [0.2, 0.25) is 5.91 Å². The van der Waals surface area contributed by atoms with Crippen molar-refractivity contribution in [1.82, 2.24) is 15.8 Å². The molecule has 1 heterocycles. The SMILES string of the molecule is CNC(=O)CNCc1ccc(OCc2c(C)noc2C)cc1.Cl. The van der Waals surface area contributed by atoms with E-state index in [1.807, 2.05) is 38.1 Å². The Morgan fingerprint density at radius 2 is 1.96 bits per heavy atom. The van der Waals surface area contributed by atoms with Crippen molar-refractivity contribution in [1.29, 1.82) is 0 Å². The Labute approximate surface area is 142 Å². The number of aryl methyl sites for hydroxylation is 2. The van der Waals surface area contributed by atoms with E-state index in [1.54, 1.807) is 7.05 Å². The van der Waals surface area contributed by atoms with E-state index in [4.69, 9.17) is 9.26 Å². The monoisotopic (exact) mass is 339 g/mol. The van der Waals surface area contributed by atoms with Crippen LogP contribution in [0.1, 0.15) is 22.6 Å². The van der Waals surface area contributed by atoms with Gasteiger partial charge in [-0.05, 0) is 31.5 Å². The molecule has 0 radical (unpaired) electrons. The minimum absolute atomic E-state index is 0. The van der Waals surface area contributed by atoms with Gasteiger partial charge in [-0.15, -0.1) is 12.4 Å². The van der Waals surface area contributed by atoms with E-state index in [0.717, 1.165) is 28.3 Å². The van der Waals surface area contributed by atoms with Crippen LogP contribution >= 0.6 is 12.4 Å². The third-order valence-corrected chi connectivity index (χ3v) is 3.38. The minimum Gasteiger partial charge on any atom is -0.489 e. The van der Waals surface area contributed by atoms with Crippen LogP contribution in [-0.4, -0.2) is 24.7 Å². The fourth-order valence-electron chi connectivity index (χ4n) is 1.98. The number of amides is 1. The lowest BCUT2D eigenvalue weighted by atomic mass is 10.2. The molecule has 0 aliphatic heterocycles. The van der Waals surface area contributed by atoms with Crippen LogP contribution in [0.25, 0.3) is 0 Å². The molecule has 0 aliphatic carbocycles. The zero-order chi connectivity index (χ0) is 15.9. The second-order valence-corrected chi connectivity index (χ2v) is 5.01. The topological polar surface area (TPSA) is 76.4 Å². The van der Waals surface area contributed by atoms with Crippen molar-refractivity contribution < 1.29 is 14.1 Å². The van der Waals surface area contributed by atoms with Crippen molar-refractivity contribution in [3.63, 3.8) is 0 Å². The molecular formula is C16H22ClN3O3. The van der Waals surface area contributed by atoms with E-state index in [2.05, 4.69) is 15.8 Å². The van der Waals surface area contributed by atoms with Gasteiger partial charge >= 0.3 is 0 Å². The van der Waals surface area contributed by atoms with Gasteiger partial charge in [0.1, 0.15) is 18.1 Å². The van der Waals surface area contributed by atoms with Crippen LogP contribution in [0.4, 0.5) is 0 Å². The van der Waals surface area contributed by atoms with E-state index in [9.17, 15) is 4.79 Å². The fraction of sp³-hybridized carbons (Fsp3) is 0.375. The molecule has 126 valence electrons. The summed E-state index contributed by atoms with van der Waals surface area (Å²) in [6.07, 6.45) is 0. The smallest absolute Gasteiger partial charge is 0.233 e. The molecule has 6 nitrogen and oxygen atoms in total. The molecule has 1 aromatic heterocycles. The summed E-state index contributed by atoms with van der Waals surface area (Å²) in [5.74, 6) is 1.54. The lowest BCUT2D eigenvalue weighted by Crippen LogP contribution is -2.30. The quantitative estimate of drug-likeness (QED) is 0.808. The first-order chi connectivity index (χ1) is 10.6. The molecule has 0 saturated carbocycles. The summed E-state index contributed by atoms with van der Waals surface area (Å²) in [7, 11) is 1.62. The van der Waals surface area contributed by atoms with Crippen molar-refractivity contribution in [3.05, 3.63) is 46.8 Å². The first-order valence-electron chi connectivity index (χ1n) is 7.15. The van der Waals surface area contributed by atoms with Gasteiger partial charge in [-0.25, -0.2) is 0 Å². The second-order valence-electron chi connectivity index (χ2n) is 5.01. The molecule has 23 heavy (non-hydrogen) atoms. The number of benzene rings is 1. The Hall–Kier alpha value is -2.05. The molecule has 1 amide bonds. The summed E-state index contributed by atoms with van der Waals surface area (Å²) in [6.45, 7) is 5.16. The van der Waals surface area contributed by atoms with Crippen molar-refractivity contribution >= 4 is 18.3 Å². The number of hydrogen-bond acceptors (Lipinski definition) is 5. The Kier molecular flexibility index (Phi) is 7.57. The lowest BCUT2D eigenvalue weighted by molar-refractivity contribution is -0.119. The van der Waals surface area contributed by atoms with Crippen LogP contribution in [0.3, 0.4) is 0 Å². The summed E-state index contributed by atoms with van der Waals surface area (Å²) >= 11 is 0. The van der Waals surface area contributed by atoms with Crippen LogP contribution in [0.15, 0.2) is 28.8 Å². The largest absolute Gasteiger partial charge is 0.489 e. The molecule has 0 unspecified atom stereocenters.